The van der Waals surface area contributed by atoms with Crippen molar-refractivity contribution in [2.75, 3.05) is 33.7 Å². The van der Waals surface area contributed by atoms with Crippen LogP contribution in [0.3, 0.4) is 0 Å². The maximum Gasteiger partial charge on any atom is 0.0254 e. The number of rotatable bonds is 7. The van der Waals surface area contributed by atoms with Gasteiger partial charge in [-0.3, -0.25) is 0 Å². The summed E-state index contributed by atoms with van der Waals surface area (Å²) in [6.45, 7) is 10.6. The highest BCUT2D eigenvalue weighted by Gasteiger charge is 2.31. The fourth-order valence-corrected chi connectivity index (χ4v) is 3.19. The van der Waals surface area contributed by atoms with Gasteiger partial charge in [0, 0.05) is 31.7 Å². The molecule has 1 rings (SSSR count). The van der Waals surface area contributed by atoms with Crippen LogP contribution in [0.1, 0.15) is 40.0 Å². The number of nitrogens with two attached hydrogens (primary N) is 1. The second kappa shape index (κ2) is 7.46. The Morgan fingerprint density at radius 1 is 1.22 bits per heavy atom. The van der Waals surface area contributed by atoms with Crippen molar-refractivity contribution in [2.24, 2.45) is 17.6 Å². The molecule has 4 atom stereocenters. The number of likely N-dealkylation sites (N-methyl/N-ethyl adjacent to an activating group) is 1. The average molecular weight is 255 g/mol. The summed E-state index contributed by atoms with van der Waals surface area (Å²) in [6, 6.07) is 1.10. The van der Waals surface area contributed by atoms with Gasteiger partial charge in [-0.1, -0.05) is 20.3 Å². The molecule has 3 heteroatoms. The van der Waals surface area contributed by atoms with E-state index in [0.717, 1.165) is 17.9 Å². The Labute approximate surface area is 114 Å². The molecule has 0 aliphatic carbocycles. The Balaban J connectivity index is 2.23. The summed E-state index contributed by atoms with van der Waals surface area (Å²) in [5.74, 6) is 1.60. The second-order valence-electron chi connectivity index (χ2n) is 6.74. The van der Waals surface area contributed by atoms with Crippen molar-refractivity contribution in [3.05, 3.63) is 0 Å². The van der Waals surface area contributed by atoms with Crippen molar-refractivity contribution < 1.29 is 0 Å². The normalized spacial score (nSPS) is 28.8. The molecule has 0 bridgehead atoms. The van der Waals surface area contributed by atoms with Crippen LogP contribution in [0.2, 0.25) is 0 Å². The molecule has 3 nitrogen and oxygen atoms in total. The molecule has 1 aliphatic heterocycles. The zero-order chi connectivity index (χ0) is 13.7. The number of hydrogen-bond acceptors (Lipinski definition) is 3. The highest BCUT2D eigenvalue weighted by molar-refractivity contribution is 4.87. The second-order valence-corrected chi connectivity index (χ2v) is 6.74. The Kier molecular flexibility index (Phi) is 6.61. The van der Waals surface area contributed by atoms with Gasteiger partial charge in [-0.05, 0) is 45.7 Å². The predicted octanol–water partition coefficient (Wildman–Crippen LogP) is 2.02. The summed E-state index contributed by atoms with van der Waals surface area (Å²) in [5, 5.41) is 0. The van der Waals surface area contributed by atoms with Crippen LogP contribution in [0.15, 0.2) is 0 Å². The van der Waals surface area contributed by atoms with Gasteiger partial charge in [-0.15, -0.1) is 0 Å². The molecule has 0 spiro atoms. The van der Waals surface area contributed by atoms with Crippen LogP contribution in [-0.2, 0) is 0 Å². The molecule has 0 aromatic carbocycles. The molecule has 0 amide bonds. The molecular formula is C15H33N3. The Morgan fingerprint density at radius 3 is 2.39 bits per heavy atom. The molecule has 2 N–H and O–H groups in total. The SMILES string of the molecule is CC(N)CCCC(C)CN1CC(C)C(N(C)C)C1. The van der Waals surface area contributed by atoms with Crippen LogP contribution in [0.4, 0.5) is 0 Å². The third-order valence-corrected chi connectivity index (χ3v) is 4.24. The van der Waals surface area contributed by atoms with Crippen LogP contribution in [0.25, 0.3) is 0 Å². The van der Waals surface area contributed by atoms with Gasteiger partial charge in [0.05, 0.1) is 0 Å². The third kappa shape index (κ3) is 5.25. The van der Waals surface area contributed by atoms with Gasteiger partial charge in [-0.2, -0.15) is 0 Å². The summed E-state index contributed by atoms with van der Waals surface area (Å²) < 4.78 is 0. The van der Waals surface area contributed by atoms with Crippen LogP contribution in [0.5, 0.6) is 0 Å². The van der Waals surface area contributed by atoms with Crippen molar-refractivity contribution >= 4 is 0 Å². The maximum atomic E-state index is 5.80. The first-order valence-electron chi connectivity index (χ1n) is 7.54. The monoisotopic (exact) mass is 255 g/mol. The average Bonchev–Trinajstić information content (AvgIpc) is 2.58. The minimum Gasteiger partial charge on any atom is -0.328 e. The Morgan fingerprint density at radius 2 is 1.89 bits per heavy atom. The van der Waals surface area contributed by atoms with E-state index in [0.29, 0.717) is 6.04 Å². The topological polar surface area (TPSA) is 32.5 Å². The van der Waals surface area contributed by atoms with Crippen LogP contribution in [-0.4, -0.2) is 55.6 Å². The number of likely N-dealkylation sites (tertiary alicyclic amines) is 1. The summed E-state index contributed by atoms with van der Waals surface area (Å²) in [6.07, 6.45) is 3.76. The molecule has 1 aliphatic rings. The summed E-state index contributed by atoms with van der Waals surface area (Å²) in [5.41, 5.74) is 5.80. The first kappa shape index (κ1) is 15.9. The minimum atomic E-state index is 0.363. The Hall–Kier alpha value is -0.120. The van der Waals surface area contributed by atoms with Crippen molar-refractivity contribution in [2.45, 2.75) is 52.1 Å². The van der Waals surface area contributed by atoms with Crippen molar-refractivity contribution in [3.63, 3.8) is 0 Å². The van der Waals surface area contributed by atoms with Crippen molar-refractivity contribution in [1.82, 2.24) is 9.80 Å². The quantitative estimate of drug-likeness (QED) is 0.755. The molecule has 0 radical (unpaired) electrons. The van der Waals surface area contributed by atoms with Crippen LogP contribution in [0, 0.1) is 11.8 Å². The van der Waals surface area contributed by atoms with Gasteiger partial charge in [0.1, 0.15) is 0 Å². The lowest BCUT2D eigenvalue weighted by atomic mass is 10.0. The molecular weight excluding hydrogens is 222 g/mol. The lowest BCUT2D eigenvalue weighted by Gasteiger charge is -2.23. The number of hydrogen-bond donors (Lipinski definition) is 1. The van der Waals surface area contributed by atoms with E-state index in [2.05, 4.69) is 44.7 Å². The van der Waals surface area contributed by atoms with Gasteiger partial charge >= 0.3 is 0 Å². The molecule has 108 valence electrons. The molecule has 1 saturated heterocycles. The maximum absolute atomic E-state index is 5.80. The Bertz CT molecular complexity index is 228. The fraction of sp³-hybridized carbons (Fsp3) is 1.00. The highest BCUT2D eigenvalue weighted by Crippen LogP contribution is 2.22. The fourth-order valence-electron chi connectivity index (χ4n) is 3.19. The minimum absolute atomic E-state index is 0.363. The molecule has 4 unspecified atom stereocenters. The smallest absolute Gasteiger partial charge is 0.0254 e. The zero-order valence-corrected chi connectivity index (χ0v) is 13.0. The zero-order valence-electron chi connectivity index (χ0n) is 13.0. The van der Waals surface area contributed by atoms with Crippen LogP contribution >= 0.6 is 0 Å². The highest BCUT2D eigenvalue weighted by atomic mass is 15.2. The summed E-state index contributed by atoms with van der Waals surface area (Å²) >= 11 is 0. The standard InChI is InChI=1S/C15H33N3/c1-12(7-6-8-14(3)16)9-18-10-13(2)15(11-18)17(4)5/h12-15H,6-11,16H2,1-5H3. The van der Waals surface area contributed by atoms with E-state index in [9.17, 15) is 0 Å². The lowest BCUT2D eigenvalue weighted by molar-refractivity contribution is 0.237. The van der Waals surface area contributed by atoms with E-state index in [-0.39, 0.29) is 0 Å². The van der Waals surface area contributed by atoms with E-state index in [1.165, 1.54) is 38.9 Å². The van der Waals surface area contributed by atoms with Gasteiger partial charge in [0.15, 0.2) is 0 Å². The predicted molar refractivity (Wildman–Crippen MR) is 79.7 cm³/mol. The van der Waals surface area contributed by atoms with Gasteiger partial charge in [0.2, 0.25) is 0 Å². The van der Waals surface area contributed by atoms with Gasteiger partial charge in [-0.25, -0.2) is 0 Å². The van der Waals surface area contributed by atoms with E-state index in [4.69, 9.17) is 5.73 Å². The molecule has 1 fully saturated rings. The van der Waals surface area contributed by atoms with Gasteiger partial charge < -0.3 is 15.5 Å². The number of nitrogens with zero attached hydrogens (tertiary/aromatic N) is 2. The van der Waals surface area contributed by atoms with Crippen LogP contribution < -0.4 is 5.73 Å². The van der Waals surface area contributed by atoms with Crippen molar-refractivity contribution in [3.8, 4) is 0 Å². The first-order chi connectivity index (χ1) is 8.40. The largest absolute Gasteiger partial charge is 0.328 e. The molecule has 0 saturated carbocycles. The van der Waals surface area contributed by atoms with Gasteiger partial charge in [0.25, 0.3) is 0 Å². The summed E-state index contributed by atoms with van der Waals surface area (Å²) in [4.78, 5) is 5.03. The first-order valence-corrected chi connectivity index (χ1v) is 7.54. The van der Waals surface area contributed by atoms with E-state index >= 15 is 0 Å². The third-order valence-electron chi connectivity index (χ3n) is 4.24. The molecule has 0 aromatic rings. The molecule has 18 heavy (non-hydrogen) atoms. The summed E-state index contributed by atoms with van der Waals surface area (Å²) in [7, 11) is 4.41. The van der Waals surface area contributed by atoms with E-state index in [1.807, 2.05) is 0 Å². The molecule has 1 heterocycles. The lowest BCUT2D eigenvalue weighted by Crippen LogP contribution is -2.35. The van der Waals surface area contributed by atoms with E-state index < -0.39 is 0 Å². The van der Waals surface area contributed by atoms with Crippen molar-refractivity contribution in [1.29, 1.82) is 0 Å². The molecule has 0 aromatic heterocycles. The van der Waals surface area contributed by atoms with E-state index in [1.54, 1.807) is 0 Å².